The Balaban J connectivity index is 2.22. The zero-order chi connectivity index (χ0) is 13.1. The third-order valence-corrected chi connectivity index (χ3v) is 2.70. The average Bonchev–Trinajstić information content (AvgIpc) is 2.76. The zero-order valence-electron chi connectivity index (χ0n) is 10.1. The van der Waals surface area contributed by atoms with Crippen molar-refractivity contribution in [2.24, 2.45) is 7.05 Å². The van der Waals surface area contributed by atoms with E-state index in [1.165, 1.54) is 11.0 Å². The van der Waals surface area contributed by atoms with E-state index in [2.05, 4.69) is 15.5 Å². The van der Waals surface area contributed by atoms with E-state index in [9.17, 15) is 4.79 Å². The SMILES string of the molecule is CC(Cl)c1ccccc1NC(=O)c1cnn(C)n1. The molecule has 0 spiro atoms. The molecule has 1 atom stereocenters. The Morgan fingerprint density at radius 3 is 2.78 bits per heavy atom. The van der Waals surface area contributed by atoms with E-state index in [4.69, 9.17) is 11.6 Å². The summed E-state index contributed by atoms with van der Waals surface area (Å²) in [5, 5.41) is 10.4. The number of para-hydroxylation sites is 1. The summed E-state index contributed by atoms with van der Waals surface area (Å²) in [7, 11) is 1.66. The molecule has 0 saturated heterocycles. The van der Waals surface area contributed by atoms with Gasteiger partial charge in [-0.15, -0.1) is 16.7 Å². The van der Waals surface area contributed by atoms with Gasteiger partial charge < -0.3 is 5.32 Å². The molecule has 18 heavy (non-hydrogen) atoms. The van der Waals surface area contributed by atoms with Crippen molar-refractivity contribution in [3.8, 4) is 0 Å². The van der Waals surface area contributed by atoms with Gasteiger partial charge in [0.25, 0.3) is 5.91 Å². The van der Waals surface area contributed by atoms with Crippen LogP contribution in [0, 0.1) is 0 Å². The number of hydrogen-bond acceptors (Lipinski definition) is 3. The van der Waals surface area contributed by atoms with Crippen LogP contribution in [0.3, 0.4) is 0 Å². The van der Waals surface area contributed by atoms with Gasteiger partial charge in [0.2, 0.25) is 0 Å². The highest BCUT2D eigenvalue weighted by molar-refractivity contribution is 6.21. The van der Waals surface area contributed by atoms with Gasteiger partial charge in [0.15, 0.2) is 5.69 Å². The quantitative estimate of drug-likeness (QED) is 0.866. The van der Waals surface area contributed by atoms with E-state index in [0.29, 0.717) is 5.69 Å². The molecule has 1 aromatic heterocycles. The van der Waals surface area contributed by atoms with Crippen molar-refractivity contribution in [2.45, 2.75) is 12.3 Å². The molecule has 1 amide bonds. The number of anilines is 1. The number of carbonyl (C=O) groups is 1. The molecule has 2 aromatic rings. The number of hydrogen-bond donors (Lipinski definition) is 1. The van der Waals surface area contributed by atoms with Gasteiger partial charge in [0, 0.05) is 12.7 Å². The summed E-state index contributed by atoms with van der Waals surface area (Å²) < 4.78 is 0. The van der Waals surface area contributed by atoms with Crippen molar-refractivity contribution in [3.63, 3.8) is 0 Å². The fraction of sp³-hybridized carbons (Fsp3) is 0.250. The molecular formula is C12H13ClN4O. The Bertz CT molecular complexity index is 565. The Hall–Kier alpha value is -1.88. The second-order valence-corrected chi connectivity index (χ2v) is 4.53. The molecule has 6 heteroatoms. The molecule has 5 nitrogen and oxygen atoms in total. The normalized spacial score (nSPS) is 12.2. The molecule has 1 aromatic carbocycles. The van der Waals surface area contributed by atoms with Crippen LogP contribution in [-0.2, 0) is 7.05 Å². The van der Waals surface area contributed by atoms with Gasteiger partial charge >= 0.3 is 0 Å². The van der Waals surface area contributed by atoms with Crippen LogP contribution < -0.4 is 5.32 Å². The highest BCUT2D eigenvalue weighted by Gasteiger charge is 2.13. The summed E-state index contributed by atoms with van der Waals surface area (Å²) >= 11 is 6.06. The van der Waals surface area contributed by atoms with Crippen molar-refractivity contribution in [3.05, 3.63) is 41.7 Å². The summed E-state index contributed by atoms with van der Waals surface area (Å²) in [4.78, 5) is 13.3. The average molecular weight is 265 g/mol. The monoisotopic (exact) mass is 264 g/mol. The van der Waals surface area contributed by atoms with Gasteiger partial charge in [0.05, 0.1) is 11.6 Å². The van der Waals surface area contributed by atoms with E-state index < -0.39 is 0 Å². The summed E-state index contributed by atoms with van der Waals surface area (Å²) in [6.07, 6.45) is 1.42. The first kappa shape index (κ1) is 12.6. The lowest BCUT2D eigenvalue weighted by Crippen LogP contribution is -2.14. The first-order valence-corrected chi connectivity index (χ1v) is 5.92. The minimum absolute atomic E-state index is 0.177. The summed E-state index contributed by atoms with van der Waals surface area (Å²) in [6.45, 7) is 1.86. The number of amides is 1. The van der Waals surface area contributed by atoms with Crippen LogP contribution >= 0.6 is 11.6 Å². The number of halogens is 1. The Labute approximate surface area is 110 Å². The van der Waals surface area contributed by atoms with Crippen LogP contribution in [-0.4, -0.2) is 20.9 Å². The summed E-state index contributed by atoms with van der Waals surface area (Å²) in [6, 6.07) is 7.41. The number of nitrogens with zero attached hydrogens (tertiary/aromatic N) is 3. The lowest BCUT2D eigenvalue weighted by Gasteiger charge is -2.11. The van der Waals surface area contributed by atoms with Gasteiger partial charge in [-0.05, 0) is 18.6 Å². The molecule has 0 aliphatic heterocycles. The second-order valence-electron chi connectivity index (χ2n) is 3.88. The molecule has 0 aliphatic carbocycles. The molecule has 0 saturated carbocycles. The lowest BCUT2D eigenvalue weighted by atomic mass is 10.1. The van der Waals surface area contributed by atoms with E-state index in [1.807, 2.05) is 31.2 Å². The van der Waals surface area contributed by atoms with Crippen LogP contribution in [0.25, 0.3) is 0 Å². The van der Waals surface area contributed by atoms with Gasteiger partial charge in [-0.3, -0.25) is 4.79 Å². The minimum Gasteiger partial charge on any atom is -0.320 e. The number of alkyl halides is 1. The zero-order valence-corrected chi connectivity index (χ0v) is 10.8. The van der Waals surface area contributed by atoms with Crippen LogP contribution in [0.5, 0.6) is 0 Å². The number of carbonyl (C=O) groups excluding carboxylic acids is 1. The van der Waals surface area contributed by atoms with Crippen molar-refractivity contribution >= 4 is 23.2 Å². The first-order chi connectivity index (χ1) is 8.58. The molecule has 0 bridgehead atoms. The highest BCUT2D eigenvalue weighted by Crippen LogP contribution is 2.27. The molecule has 0 radical (unpaired) electrons. The molecule has 0 aliphatic rings. The van der Waals surface area contributed by atoms with E-state index in [1.54, 1.807) is 7.05 Å². The maximum atomic E-state index is 11.9. The van der Waals surface area contributed by atoms with Gasteiger partial charge in [-0.1, -0.05) is 18.2 Å². The lowest BCUT2D eigenvalue weighted by molar-refractivity contribution is 0.102. The number of rotatable bonds is 3. The van der Waals surface area contributed by atoms with E-state index in [0.717, 1.165) is 5.56 Å². The number of aryl methyl sites for hydroxylation is 1. The van der Waals surface area contributed by atoms with E-state index >= 15 is 0 Å². The Morgan fingerprint density at radius 1 is 1.44 bits per heavy atom. The smallest absolute Gasteiger partial charge is 0.277 e. The molecular weight excluding hydrogens is 252 g/mol. The predicted octanol–water partition coefficient (Wildman–Crippen LogP) is 2.37. The van der Waals surface area contributed by atoms with Crippen molar-refractivity contribution in [1.82, 2.24) is 15.0 Å². The Morgan fingerprint density at radius 2 is 2.17 bits per heavy atom. The maximum Gasteiger partial charge on any atom is 0.277 e. The molecule has 2 rings (SSSR count). The third kappa shape index (κ3) is 2.68. The van der Waals surface area contributed by atoms with Crippen LogP contribution in [0.15, 0.2) is 30.5 Å². The minimum atomic E-state index is -0.298. The molecule has 1 N–H and O–H groups in total. The van der Waals surface area contributed by atoms with E-state index in [-0.39, 0.29) is 17.0 Å². The molecule has 1 heterocycles. The topological polar surface area (TPSA) is 59.8 Å². The standard InChI is InChI=1S/C12H13ClN4O/c1-8(13)9-5-3-4-6-10(9)15-12(18)11-7-14-17(2)16-11/h3-8H,1-2H3,(H,15,18). The van der Waals surface area contributed by atoms with Crippen LogP contribution in [0.2, 0.25) is 0 Å². The number of aromatic nitrogens is 3. The highest BCUT2D eigenvalue weighted by atomic mass is 35.5. The second kappa shape index (κ2) is 5.18. The maximum absolute atomic E-state index is 11.9. The molecule has 0 fully saturated rings. The fourth-order valence-corrected chi connectivity index (χ4v) is 1.78. The fourth-order valence-electron chi connectivity index (χ4n) is 1.59. The van der Waals surface area contributed by atoms with Crippen molar-refractivity contribution < 1.29 is 4.79 Å². The number of benzene rings is 1. The summed E-state index contributed by atoms with van der Waals surface area (Å²) in [5.41, 5.74) is 1.83. The predicted molar refractivity (Wildman–Crippen MR) is 69.7 cm³/mol. The van der Waals surface area contributed by atoms with Gasteiger partial charge in [-0.25, -0.2) is 0 Å². The third-order valence-electron chi connectivity index (χ3n) is 2.47. The first-order valence-electron chi connectivity index (χ1n) is 5.48. The Kier molecular flexibility index (Phi) is 3.62. The molecule has 94 valence electrons. The number of nitrogens with one attached hydrogen (secondary N) is 1. The van der Waals surface area contributed by atoms with Crippen LogP contribution in [0.1, 0.15) is 28.4 Å². The summed E-state index contributed by atoms with van der Waals surface area (Å²) in [5.74, 6) is -0.298. The van der Waals surface area contributed by atoms with Crippen LogP contribution in [0.4, 0.5) is 5.69 Å². The van der Waals surface area contributed by atoms with Crippen molar-refractivity contribution in [2.75, 3.05) is 5.32 Å². The van der Waals surface area contributed by atoms with Crippen molar-refractivity contribution in [1.29, 1.82) is 0 Å². The molecule has 1 unspecified atom stereocenters. The van der Waals surface area contributed by atoms with Gasteiger partial charge in [-0.2, -0.15) is 9.90 Å². The largest absolute Gasteiger partial charge is 0.320 e. The van der Waals surface area contributed by atoms with Gasteiger partial charge in [0.1, 0.15) is 0 Å².